The van der Waals surface area contributed by atoms with Gasteiger partial charge < -0.3 is 15.8 Å². The lowest BCUT2D eigenvalue weighted by molar-refractivity contribution is 0.0383. The molecule has 0 unspecified atom stereocenters. The average Bonchev–Trinajstić information content (AvgIpc) is 2.56. The van der Waals surface area contributed by atoms with Gasteiger partial charge in [-0.15, -0.1) is 0 Å². The van der Waals surface area contributed by atoms with Crippen molar-refractivity contribution in [1.29, 1.82) is 0 Å². The monoisotopic (exact) mass is 299 g/mol. The number of anilines is 1. The average molecular weight is 299 g/mol. The minimum atomic E-state index is -0.0514. The van der Waals surface area contributed by atoms with E-state index in [0.717, 1.165) is 43.6 Å². The number of carbonyl (C=O) groups is 1. The molecule has 116 valence electrons. The largest absolute Gasteiger partial charge is 0.398 e. The van der Waals surface area contributed by atoms with Crippen molar-refractivity contribution in [3.8, 4) is 0 Å². The highest BCUT2D eigenvalue weighted by Crippen LogP contribution is 2.24. The minimum Gasteiger partial charge on any atom is -0.398 e. The number of fused-ring (bicyclic) bond motifs is 1. The number of carbonyl (C=O) groups excluding carboxylic acids is 1. The summed E-state index contributed by atoms with van der Waals surface area (Å²) in [5.41, 5.74) is 7.34. The number of nitrogen functional groups attached to an aromatic ring is 1. The second-order valence-corrected chi connectivity index (χ2v) is 5.46. The van der Waals surface area contributed by atoms with Gasteiger partial charge in [-0.2, -0.15) is 0 Å². The molecule has 2 aromatic rings. The Hall–Kier alpha value is -2.11. The summed E-state index contributed by atoms with van der Waals surface area (Å²) in [5, 5.41) is 4.81. The molecule has 1 aliphatic rings. The Labute approximate surface area is 130 Å². The molecule has 3 N–H and O–H groups in total. The van der Waals surface area contributed by atoms with Crippen molar-refractivity contribution in [3.05, 3.63) is 42.0 Å². The number of morpholine rings is 1. The SMILES string of the molecule is Nc1ccc(C(=O)NCCN2CCOCC2)c2ccccc12. The van der Waals surface area contributed by atoms with Gasteiger partial charge in [-0.25, -0.2) is 0 Å². The lowest BCUT2D eigenvalue weighted by Gasteiger charge is -2.26. The maximum atomic E-state index is 12.4. The van der Waals surface area contributed by atoms with Gasteiger partial charge in [0.15, 0.2) is 0 Å². The summed E-state index contributed by atoms with van der Waals surface area (Å²) in [6.07, 6.45) is 0. The van der Waals surface area contributed by atoms with Gasteiger partial charge in [0.05, 0.1) is 13.2 Å². The Bertz CT molecular complexity index is 666. The molecule has 0 atom stereocenters. The van der Waals surface area contributed by atoms with E-state index in [2.05, 4.69) is 10.2 Å². The molecule has 0 radical (unpaired) electrons. The van der Waals surface area contributed by atoms with E-state index in [1.807, 2.05) is 24.3 Å². The molecule has 0 aromatic heterocycles. The third-order valence-electron chi connectivity index (χ3n) is 4.02. The van der Waals surface area contributed by atoms with Crippen molar-refractivity contribution in [2.24, 2.45) is 0 Å². The highest BCUT2D eigenvalue weighted by Gasteiger charge is 2.13. The van der Waals surface area contributed by atoms with Crippen molar-refractivity contribution in [2.75, 3.05) is 45.1 Å². The van der Waals surface area contributed by atoms with Crippen LogP contribution >= 0.6 is 0 Å². The van der Waals surface area contributed by atoms with Gasteiger partial charge in [-0.1, -0.05) is 24.3 Å². The zero-order valence-corrected chi connectivity index (χ0v) is 12.5. The molecule has 0 saturated carbocycles. The Morgan fingerprint density at radius 3 is 2.64 bits per heavy atom. The summed E-state index contributed by atoms with van der Waals surface area (Å²) < 4.78 is 5.31. The van der Waals surface area contributed by atoms with Gasteiger partial charge in [0, 0.05) is 42.8 Å². The fourth-order valence-electron chi connectivity index (χ4n) is 2.77. The van der Waals surface area contributed by atoms with Crippen molar-refractivity contribution >= 4 is 22.4 Å². The van der Waals surface area contributed by atoms with Gasteiger partial charge in [-0.3, -0.25) is 9.69 Å². The van der Waals surface area contributed by atoms with E-state index in [4.69, 9.17) is 10.5 Å². The molecule has 22 heavy (non-hydrogen) atoms. The van der Waals surface area contributed by atoms with Crippen LogP contribution in [0.3, 0.4) is 0 Å². The first-order valence-corrected chi connectivity index (χ1v) is 7.61. The van der Waals surface area contributed by atoms with Crippen LogP contribution in [0.4, 0.5) is 5.69 Å². The number of nitrogens with one attached hydrogen (secondary N) is 1. The van der Waals surface area contributed by atoms with Gasteiger partial charge >= 0.3 is 0 Å². The second-order valence-electron chi connectivity index (χ2n) is 5.46. The Kier molecular flexibility index (Phi) is 4.56. The van der Waals surface area contributed by atoms with Crippen LogP contribution in [0, 0.1) is 0 Å². The summed E-state index contributed by atoms with van der Waals surface area (Å²) in [6, 6.07) is 11.3. The number of hydrogen-bond donors (Lipinski definition) is 2. The maximum absolute atomic E-state index is 12.4. The molecule has 5 heteroatoms. The van der Waals surface area contributed by atoms with E-state index in [1.165, 1.54) is 0 Å². The number of nitrogens with two attached hydrogens (primary N) is 1. The van der Waals surface area contributed by atoms with E-state index in [-0.39, 0.29) is 5.91 Å². The predicted molar refractivity (Wildman–Crippen MR) is 88.0 cm³/mol. The number of amides is 1. The minimum absolute atomic E-state index is 0.0514. The van der Waals surface area contributed by atoms with Crippen molar-refractivity contribution < 1.29 is 9.53 Å². The third-order valence-corrected chi connectivity index (χ3v) is 4.02. The zero-order valence-electron chi connectivity index (χ0n) is 12.5. The lowest BCUT2D eigenvalue weighted by atomic mass is 10.0. The summed E-state index contributed by atoms with van der Waals surface area (Å²) in [7, 11) is 0. The van der Waals surface area contributed by atoms with Crippen molar-refractivity contribution in [1.82, 2.24) is 10.2 Å². The van der Waals surface area contributed by atoms with Crippen LogP contribution in [0.1, 0.15) is 10.4 Å². The Morgan fingerprint density at radius 2 is 1.86 bits per heavy atom. The summed E-state index contributed by atoms with van der Waals surface area (Å²) in [5.74, 6) is -0.0514. The summed E-state index contributed by atoms with van der Waals surface area (Å²) in [4.78, 5) is 14.7. The molecule has 3 rings (SSSR count). The fourth-order valence-corrected chi connectivity index (χ4v) is 2.77. The van der Waals surface area contributed by atoms with Gasteiger partial charge in [-0.05, 0) is 17.5 Å². The van der Waals surface area contributed by atoms with E-state index in [1.54, 1.807) is 12.1 Å². The first kappa shape index (κ1) is 14.8. The molecule has 1 saturated heterocycles. The fraction of sp³-hybridized carbons (Fsp3) is 0.353. The smallest absolute Gasteiger partial charge is 0.251 e. The standard InChI is InChI=1S/C17H21N3O2/c18-16-6-5-15(13-3-1-2-4-14(13)16)17(21)19-7-8-20-9-11-22-12-10-20/h1-6H,7-12,18H2,(H,19,21). The van der Waals surface area contributed by atoms with Crippen LogP contribution in [0.5, 0.6) is 0 Å². The third kappa shape index (κ3) is 3.21. The highest BCUT2D eigenvalue weighted by molar-refractivity contribution is 6.09. The Morgan fingerprint density at radius 1 is 1.14 bits per heavy atom. The zero-order chi connectivity index (χ0) is 15.4. The van der Waals surface area contributed by atoms with Gasteiger partial charge in [0.2, 0.25) is 0 Å². The molecule has 2 aromatic carbocycles. The quantitative estimate of drug-likeness (QED) is 0.839. The van der Waals surface area contributed by atoms with Crippen LogP contribution in [0.15, 0.2) is 36.4 Å². The van der Waals surface area contributed by atoms with Crippen molar-refractivity contribution in [3.63, 3.8) is 0 Å². The molecule has 1 amide bonds. The normalized spacial score (nSPS) is 15.8. The van der Waals surface area contributed by atoms with Gasteiger partial charge in [0.25, 0.3) is 5.91 Å². The molecule has 0 bridgehead atoms. The number of ether oxygens (including phenoxy) is 1. The van der Waals surface area contributed by atoms with E-state index >= 15 is 0 Å². The van der Waals surface area contributed by atoms with Gasteiger partial charge in [0.1, 0.15) is 0 Å². The van der Waals surface area contributed by atoms with E-state index in [9.17, 15) is 4.79 Å². The molecule has 0 spiro atoms. The number of benzene rings is 2. The Balaban J connectivity index is 1.66. The molecular formula is C17H21N3O2. The molecule has 5 nitrogen and oxygen atoms in total. The summed E-state index contributed by atoms with van der Waals surface area (Å²) in [6.45, 7) is 4.90. The molecule has 1 fully saturated rings. The number of hydrogen-bond acceptors (Lipinski definition) is 4. The van der Waals surface area contributed by atoms with Crippen molar-refractivity contribution in [2.45, 2.75) is 0 Å². The van der Waals surface area contributed by atoms with E-state index < -0.39 is 0 Å². The summed E-state index contributed by atoms with van der Waals surface area (Å²) >= 11 is 0. The van der Waals surface area contributed by atoms with Crippen LogP contribution < -0.4 is 11.1 Å². The number of rotatable bonds is 4. The molecule has 1 heterocycles. The molecular weight excluding hydrogens is 278 g/mol. The first-order valence-electron chi connectivity index (χ1n) is 7.61. The highest BCUT2D eigenvalue weighted by atomic mass is 16.5. The molecule has 0 aliphatic carbocycles. The lowest BCUT2D eigenvalue weighted by Crippen LogP contribution is -2.41. The second kappa shape index (κ2) is 6.77. The topological polar surface area (TPSA) is 67.6 Å². The maximum Gasteiger partial charge on any atom is 0.251 e. The first-order chi connectivity index (χ1) is 10.8. The predicted octanol–water partition coefficient (Wildman–Crippen LogP) is 1.48. The molecule has 1 aliphatic heterocycles. The number of nitrogens with zero attached hydrogens (tertiary/aromatic N) is 1. The van der Waals surface area contributed by atoms with Crippen LogP contribution in [-0.4, -0.2) is 50.2 Å². The van der Waals surface area contributed by atoms with E-state index in [0.29, 0.717) is 17.8 Å². The van der Waals surface area contributed by atoms with Crippen LogP contribution in [-0.2, 0) is 4.74 Å². The van der Waals surface area contributed by atoms with Crippen LogP contribution in [0.25, 0.3) is 10.8 Å². The van der Waals surface area contributed by atoms with Crippen LogP contribution in [0.2, 0.25) is 0 Å².